The van der Waals surface area contributed by atoms with Crippen molar-refractivity contribution >= 4 is 38.8 Å². The van der Waals surface area contributed by atoms with Gasteiger partial charge in [-0.2, -0.15) is 0 Å². The lowest BCUT2D eigenvalue weighted by Gasteiger charge is -2.02. The van der Waals surface area contributed by atoms with Gasteiger partial charge in [-0.15, -0.1) is 0 Å². The van der Waals surface area contributed by atoms with E-state index in [4.69, 9.17) is 0 Å². The van der Waals surface area contributed by atoms with Gasteiger partial charge >= 0.3 is 0 Å². The Morgan fingerprint density at radius 2 is 2.33 bits per heavy atom. The minimum absolute atomic E-state index is 0.0959. The molecule has 0 aliphatic carbocycles. The van der Waals surface area contributed by atoms with Crippen molar-refractivity contribution in [2.75, 3.05) is 10.6 Å². The summed E-state index contributed by atoms with van der Waals surface area (Å²) in [7, 11) is 0. The molecule has 2 aromatic heterocycles. The molecule has 0 aliphatic heterocycles. The topological polar surface area (TPSA) is 83.6 Å². The summed E-state index contributed by atoms with van der Waals surface area (Å²) in [4.78, 5) is 26.1. The number of anilines is 1. The molecule has 78 valence electrons. The first-order valence-corrected chi connectivity index (χ1v) is 5.43. The van der Waals surface area contributed by atoms with Crippen LogP contribution in [0.15, 0.2) is 12.7 Å². The minimum Gasteiger partial charge on any atom is -0.340 e. The zero-order chi connectivity index (χ0) is 10.7. The van der Waals surface area contributed by atoms with Gasteiger partial charge in [0, 0.05) is 11.8 Å². The molecule has 0 bridgehead atoms. The van der Waals surface area contributed by atoms with Crippen LogP contribution >= 0.6 is 15.9 Å². The first-order chi connectivity index (χ1) is 7.31. The van der Waals surface area contributed by atoms with E-state index in [1.165, 1.54) is 12.7 Å². The zero-order valence-electron chi connectivity index (χ0n) is 7.70. The van der Waals surface area contributed by atoms with Crippen molar-refractivity contribution in [1.29, 1.82) is 0 Å². The molecule has 2 aromatic rings. The second kappa shape index (κ2) is 4.35. The van der Waals surface area contributed by atoms with Gasteiger partial charge in [0.1, 0.15) is 11.8 Å². The number of halogens is 1. The van der Waals surface area contributed by atoms with Crippen molar-refractivity contribution < 1.29 is 4.79 Å². The van der Waals surface area contributed by atoms with Crippen molar-refractivity contribution in [2.24, 2.45) is 0 Å². The predicted molar refractivity (Wildman–Crippen MR) is 58.7 cm³/mol. The summed E-state index contributed by atoms with van der Waals surface area (Å²) in [5.41, 5.74) is 1.18. The Labute approximate surface area is 93.7 Å². The fourth-order valence-corrected chi connectivity index (χ4v) is 1.50. The highest BCUT2D eigenvalue weighted by atomic mass is 79.9. The molecule has 1 amide bonds. The van der Waals surface area contributed by atoms with Crippen LogP contribution in [-0.2, 0) is 4.79 Å². The average Bonchev–Trinajstić information content (AvgIpc) is 2.67. The van der Waals surface area contributed by atoms with Gasteiger partial charge in [0.05, 0.1) is 6.33 Å². The Morgan fingerprint density at radius 3 is 3.13 bits per heavy atom. The summed E-state index contributed by atoms with van der Waals surface area (Å²) in [5, 5.41) is 3.30. The van der Waals surface area contributed by atoms with Gasteiger partial charge in [-0.3, -0.25) is 4.79 Å². The summed E-state index contributed by atoms with van der Waals surface area (Å²) < 4.78 is 0. The number of aromatic amines is 1. The molecule has 2 N–H and O–H groups in total. The van der Waals surface area contributed by atoms with E-state index in [1.807, 2.05) is 0 Å². The Balaban J connectivity index is 2.27. The number of rotatable bonds is 3. The van der Waals surface area contributed by atoms with E-state index in [-0.39, 0.29) is 5.91 Å². The van der Waals surface area contributed by atoms with Gasteiger partial charge in [0.2, 0.25) is 5.91 Å². The van der Waals surface area contributed by atoms with Crippen molar-refractivity contribution in [2.45, 2.75) is 6.42 Å². The molecule has 0 atom stereocenters. The fourth-order valence-electron chi connectivity index (χ4n) is 1.14. The first kappa shape index (κ1) is 10.0. The Morgan fingerprint density at radius 1 is 1.47 bits per heavy atom. The molecule has 6 nitrogen and oxygen atoms in total. The highest BCUT2D eigenvalue weighted by Gasteiger charge is 2.08. The molecule has 0 saturated heterocycles. The number of fused-ring (bicyclic) bond motifs is 1. The summed E-state index contributed by atoms with van der Waals surface area (Å²) in [6, 6.07) is 0. The van der Waals surface area contributed by atoms with Gasteiger partial charge in [0.25, 0.3) is 0 Å². The monoisotopic (exact) mass is 269 g/mol. The lowest BCUT2D eigenvalue weighted by atomic mass is 10.4. The Kier molecular flexibility index (Phi) is 2.91. The zero-order valence-corrected chi connectivity index (χ0v) is 9.28. The number of H-pyrrole nitrogens is 1. The van der Waals surface area contributed by atoms with Crippen molar-refractivity contribution in [1.82, 2.24) is 19.9 Å². The number of aromatic nitrogens is 4. The number of hydrogen-bond acceptors (Lipinski definition) is 4. The summed E-state index contributed by atoms with van der Waals surface area (Å²) >= 11 is 3.19. The van der Waals surface area contributed by atoms with Crippen LogP contribution in [-0.4, -0.2) is 31.2 Å². The molecule has 0 radical (unpaired) electrons. The van der Waals surface area contributed by atoms with Gasteiger partial charge < -0.3 is 10.3 Å². The van der Waals surface area contributed by atoms with E-state index in [1.54, 1.807) is 0 Å². The predicted octanol–water partition coefficient (Wildman–Crippen LogP) is 1.08. The number of hydrogen-bond donors (Lipinski definition) is 2. The third kappa shape index (κ3) is 2.12. The molecule has 0 unspecified atom stereocenters. The molecular weight excluding hydrogens is 262 g/mol. The van der Waals surface area contributed by atoms with Crippen LogP contribution in [0.1, 0.15) is 6.42 Å². The number of carbonyl (C=O) groups is 1. The van der Waals surface area contributed by atoms with E-state index in [0.717, 1.165) is 0 Å². The van der Waals surface area contributed by atoms with Crippen molar-refractivity contribution in [3.05, 3.63) is 12.7 Å². The van der Waals surface area contributed by atoms with Gasteiger partial charge in [-0.05, 0) is 0 Å². The van der Waals surface area contributed by atoms with Crippen LogP contribution in [0.2, 0.25) is 0 Å². The van der Waals surface area contributed by atoms with Gasteiger partial charge in [-0.1, -0.05) is 15.9 Å². The number of amides is 1. The minimum atomic E-state index is -0.0959. The number of carbonyl (C=O) groups excluding carboxylic acids is 1. The van der Waals surface area contributed by atoms with E-state index < -0.39 is 0 Å². The number of imidazole rings is 1. The van der Waals surface area contributed by atoms with Crippen LogP contribution < -0.4 is 5.32 Å². The third-order valence-corrected chi connectivity index (χ3v) is 2.20. The van der Waals surface area contributed by atoms with Crippen LogP contribution in [0.25, 0.3) is 11.2 Å². The maximum atomic E-state index is 11.3. The molecule has 0 fully saturated rings. The SMILES string of the molecule is O=C(CCBr)Nc1ncnc2nc[nH]c12. The highest BCUT2D eigenvalue weighted by molar-refractivity contribution is 9.09. The molecule has 2 rings (SSSR count). The average molecular weight is 270 g/mol. The molecule has 7 heteroatoms. The highest BCUT2D eigenvalue weighted by Crippen LogP contribution is 2.14. The molecule has 0 saturated carbocycles. The van der Waals surface area contributed by atoms with Crippen LogP contribution in [0.5, 0.6) is 0 Å². The Hall–Kier alpha value is -1.50. The maximum absolute atomic E-state index is 11.3. The molecule has 0 spiro atoms. The quantitative estimate of drug-likeness (QED) is 0.817. The number of nitrogens with zero attached hydrogens (tertiary/aromatic N) is 3. The lowest BCUT2D eigenvalue weighted by molar-refractivity contribution is -0.115. The van der Waals surface area contributed by atoms with Crippen molar-refractivity contribution in [3.8, 4) is 0 Å². The van der Waals surface area contributed by atoms with E-state index in [0.29, 0.717) is 28.7 Å². The van der Waals surface area contributed by atoms with Gasteiger partial charge in [-0.25, -0.2) is 15.0 Å². The van der Waals surface area contributed by atoms with E-state index in [9.17, 15) is 4.79 Å². The smallest absolute Gasteiger partial charge is 0.226 e. The fraction of sp³-hybridized carbons (Fsp3) is 0.250. The first-order valence-electron chi connectivity index (χ1n) is 4.31. The molecule has 15 heavy (non-hydrogen) atoms. The normalized spacial score (nSPS) is 10.5. The standard InChI is InChI=1S/C8H8BrN5O/c9-2-1-5(15)14-8-6-7(11-3-10-6)12-4-13-8/h3-4H,1-2H2,(H2,10,11,12,13,14,15). The lowest BCUT2D eigenvalue weighted by Crippen LogP contribution is -2.13. The summed E-state index contributed by atoms with van der Waals surface area (Å²) in [5.74, 6) is 0.366. The molecular formula is C8H8BrN5O. The molecule has 0 aliphatic rings. The Bertz CT molecular complexity index is 483. The molecule has 0 aromatic carbocycles. The number of nitrogens with one attached hydrogen (secondary N) is 2. The maximum Gasteiger partial charge on any atom is 0.226 e. The van der Waals surface area contributed by atoms with E-state index >= 15 is 0 Å². The largest absolute Gasteiger partial charge is 0.340 e. The second-order valence-corrected chi connectivity index (χ2v) is 3.60. The number of alkyl halides is 1. The summed E-state index contributed by atoms with van der Waals surface area (Å²) in [6.07, 6.45) is 3.28. The van der Waals surface area contributed by atoms with Crippen LogP contribution in [0.3, 0.4) is 0 Å². The van der Waals surface area contributed by atoms with Crippen LogP contribution in [0, 0.1) is 0 Å². The van der Waals surface area contributed by atoms with Gasteiger partial charge in [0.15, 0.2) is 11.5 Å². The molecule has 2 heterocycles. The van der Waals surface area contributed by atoms with Crippen LogP contribution in [0.4, 0.5) is 5.82 Å². The van der Waals surface area contributed by atoms with Crippen molar-refractivity contribution in [3.63, 3.8) is 0 Å². The third-order valence-electron chi connectivity index (χ3n) is 1.80. The second-order valence-electron chi connectivity index (χ2n) is 2.81. The van der Waals surface area contributed by atoms with E-state index in [2.05, 4.69) is 41.2 Å². The summed E-state index contributed by atoms with van der Waals surface area (Å²) in [6.45, 7) is 0.